The highest BCUT2D eigenvalue weighted by atomic mass is 35.5. The average Bonchev–Trinajstić information content (AvgIpc) is 2.79. The molecule has 2 aromatic rings. The van der Waals surface area contributed by atoms with E-state index in [-0.39, 0.29) is 0 Å². The van der Waals surface area contributed by atoms with Crippen LogP contribution in [0.3, 0.4) is 0 Å². The smallest absolute Gasteiger partial charge is 0.125 e. The van der Waals surface area contributed by atoms with Crippen LogP contribution in [0.2, 0.25) is 5.02 Å². The van der Waals surface area contributed by atoms with Crippen LogP contribution in [0.4, 0.5) is 0 Å². The lowest BCUT2D eigenvalue weighted by Gasteiger charge is -2.35. The minimum atomic E-state index is 0.435. The Kier molecular flexibility index (Phi) is 3.72. The summed E-state index contributed by atoms with van der Waals surface area (Å²) in [6, 6.07) is 6.37. The number of fused-ring (bicyclic) bond motifs is 1. The molecule has 0 N–H and O–H groups in total. The summed E-state index contributed by atoms with van der Waals surface area (Å²) in [4.78, 5) is 4.65. The SMILES string of the molecule is CC1(C)CCC(n2c(CCl)nc3cccc(Cl)c32)CC1. The number of rotatable bonds is 2. The maximum atomic E-state index is 6.40. The quantitative estimate of drug-likeness (QED) is 0.663. The summed E-state index contributed by atoms with van der Waals surface area (Å²) in [5.74, 6) is 1.38. The highest BCUT2D eigenvalue weighted by Crippen LogP contribution is 2.42. The van der Waals surface area contributed by atoms with Crippen LogP contribution >= 0.6 is 23.2 Å². The van der Waals surface area contributed by atoms with E-state index < -0.39 is 0 Å². The van der Waals surface area contributed by atoms with Gasteiger partial charge in [0.05, 0.1) is 21.9 Å². The highest BCUT2D eigenvalue weighted by Gasteiger charge is 2.30. The van der Waals surface area contributed by atoms with Crippen molar-refractivity contribution in [3.63, 3.8) is 0 Å². The van der Waals surface area contributed by atoms with E-state index in [9.17, 15) is 0 Å². The molecule has 1 aliphatic rings. The Morgan fingerprint density at radius 1 is 1.30 bits per heavy atom. The molecule has 1 aromatic heterocycles. The number of benzene rings is 1. The van der Waals surface area contributed by atoms with Crippen molar-refractivity contribution < 1.29 is 0 Å². The van der Waals surface area contributed by atoms with Crippen LogP contribution in [0.1, 0.15) is 51.4 Å². The van der Waals surface area contributed by atoms with Crippen molar-refractivity contribution in [1.82, 2.24) is 9.55 Å². The van der Waals surface area contributed by atoms with E-state index in [1.54, 1.807) is 0 Å². The molecule has 0 aliphatic heterocycles. The van der Waals surface area contributed by atoms with Gasteiger partial charge in [0, 0.05) is 6.04 Å². The van der Waals surface area contributed by atoms with Gasteiger partial charge in [0.15, 0.2) is 0 Å². The zero-order valence-electron chi connectivity index (χ0n) is 12.0. The molecular formula is C16H20Cl2N2. The van der Waals surface area contributed by atoms with Crippen molar-refractivity contribution in [3.05, 3.63) is 29.0 Å². The van der Waals surface area contributed by atoms with Crippen molar-refractivity contribution in [1.29, 1.82) is 0 Å². The lowest BCUT2D eigenvalue weighted by atomic mass is 9.75. The number of aromatic nitrogens is 2. The zero-order chi connectivity index (χ0) is 14.3. The molecule has 0 spiro atoms. The first-order chi connectivity index (χ1) is 9.52. The number of halogens is 2. The standard InChI is InChI=1S/C16H20Cl2N2/c1-16(2)8-6-11(7-9-16)20-14(10-17)19-13-5-3-4-12(18)15(13)20/h3-5,11H,6-10H2,1-2H3. The van der Waals surface area contributed by atoms with E-state index in [2.05, 4.69) is 23.4 Å². The number of hydrogen-bond acceptors (Lipinski definition) is 1. The van der Waals surface area contributed by atoms with Crippen LogP contribution in [0.25, 0.3) is 11.0 Å². The first-order valence-corrected chi connectivity index (χ1v) is 8.14. The third kappa shape index (κ3) is 2.44. The first-order valence-electron chi connectivity index (χ1n) is 7.23. The molecule has 20 heavy (non-hydrogen) atoms. The van der Waals surface area contributed by atoms with E-state index in [0.717, 1.165) is 21.9 Å². The van der Waals surface area contributed by atoms with Gasteiger partial charge in [-0.1, -0.05) is 31.5 Å². The molecule has 1 saturated carbocycles. The Morgan fingerprint density at radius 3 is 2.65 bits per heavy atom. The van der Waals surface area contributed by atoms with E-state index in [1.165, 1.54) is 25.7 Å². The summed E-state index contributed by atoms with van der Waals surface area (Å²) >= 11 is 12.5. The van der Waals surface area contributed by atoms with Gasteiger partial charge in [0.25, 0.3) is 0 Å². The van der Waals surface area contributed by atoms with Crippen LogP contribution in [0.15, 0.2) is 18.2 Å². The molecule has 0 unspecified atom stereocenters. The second-order valence-corrected chi connectivity index (χ2v) is 7.21. The second kappa shape index (κ2) is 5.23. The van der Waals surface area contributed by atoms with Gasteiger partial charge < -0.3 is 4.57 Å². The van der Waals surface area contributed by atoms with Gasteiger partial charge in [-0.25, -0.2) is 4.98 Å². The molecule has 108 valence electrons. The summed E-state index contributed by atoms with van der Waals surface area (Å²) in [5, 5.41) is 0.774. The van der Waals surface area contributed by atoms with Crippen molar-refractivity contribution in [2.75, 3.05) is 0 Å². The Labute approximate surface area is 130 Å². The van der Waals surface area contributed by atoms with Crippen LogP contribution in [-0.2, 0) is 5.88 Å². The van der Waals surface area contributed by atoms with Crippen LogP contribution in [0.5, 0.6) is 0 Å². The molecular weight excluding hydrogens is 291 g/mol. The van der Waals surface area contributed by atoms with Gasteiger partial charge >= 0.3 is 0 Å². The predicted octanol–water partition coefficient (Wildman–Crippen LogP) is 5.57. The normalized spacial score (nSPS) is 19.6. The maximum absolute atomic E-state index is 6.40. The fourth-order valence-corrected chi connectivity index (χ4v) is 3.73. The number of imidazole rings is 1. The number of hydrogen-bond donors (Lipinski definition) is 0. The van der Waals surface area contributed by atoms with E-state index in [4.69, 9.17) is 23.2 Å². The lowest BCUT2D eigenvalue weighted by molar-refractivity contribution is 0.194. The zero-order valence-corrected chi connectivity index (χ0v) is 13.5. The topological polar surface area (TPSA) is 17.8 Å². The summed E-state index contributed by atoms with van der Waals surface area (Å²) in [6.45, 7) is 4.70. The number of nitrogens with zero attached hydrogens (tertiary/aromatic N) is 2. The van der Waals surface area contributed by atoms with Gasteiger partial charge in [0.2, 0.25) is 0 Å². The molecule has 0 bridgehead atoms. The fraction of sp³-hybridized carbons (Fsp3) is 0.562. The molecule has 3 rings (SSSR count). The number of para-hydroxylation sites is 1. The summed E-state index contributed by atoms with van der Waals surface area (Å²) in [5.41, 5.74) is 2.46. The van der Waals surface area contributed by atoms with Crippen molar-refractivity contribution >= 4 is 34.2 Å². The summed E-state index contributed by atoms with van der Waals surface area (Å²) < 4.78 is 2.29. The molecule has 0 saturated heterocycles. The maximum Gasteiger partial charge on any atom is 0.125 e. The number of alkyl halides is 1. The lowest BCUT2D eigenvalue weighted by Crippen LogP contribution is -2.24. The largest absolute Gasteiger partial charge is 0.323 e. The molecule has 2 nitrogen and oxygen atoms in total. The Hall–Kier alpha value is -0.730. The van der Waals surface area contributed by atoms with Crippen molar-refractivity contribution in [2.45, 2.75) is 51.5 Å². The van der Waals surface area contributed by atoms with Crippen LogP contribution < -0.4 is 0 Å². The van der Waals surface area contributed by atoms with E-state index >= 15 is 0 Å². The predicted molar refractivity (Wildman–Crippen MR) is 85.6 cm³/mol. The monoisotopic (exact) mass is 310 g/mol. The highest BCUT2D eigenvalue weighted by molar-refractivity contribution is 6.35. The van der Waals surface area contributed by atoms with Crippen molar-refractivity contribution in [2.24, 2.45) is 5.41 Å². The molecule has 1 fully saturated rings. The Morgan fingerprint density at radius 2 is 2.00 bits per heavy atom. The minimum absolute atomic E-state index is 0.435. The van der Waals surface area contributed by atoms with Crippen molar-refractivity contribution in [3.8, 4) is 0 Å². The fourth-order valence-electron chi connectivity index (χ4n) is 3.28. The van der Waals surface area contributed by atoms with Gasteiger partial charge in [-0.2, -0.15) is 0 Å². The molecule has 4 heteroatoms. The second-order valence-electron chi connectivity index (χ2n) is 6.53. The first kappa shape index (κ1) is 14.2. The van der Waals surface area contributed by atoms with Gasteiger partial charge in [-0.3, -0.25) is 0 Å². The van der Waals surface area contributed by atoms with E-state index in [0.29, 0.717) is 17.3 Å². The minimum Gasteiger partial charge on any atom is -0.323 e. The molecule has 0 radical (unpaired) electrons. The van der Waals surface area contributed by atoms with E-state index in [1.807, 2.05) is 18.2 Å². The molecule has 1 heterocycles. The Bertz CT molecular complexity index is 621. The van der Waals surface area contributed by atoms with Gasteiger partial charge in [-0.15, -0.1) is 11.6 Å². The van der Waals surface area contributed by atoms with Gasteiger partial charge in [0.1, 0.15) is 5.82 Å². The third-order valence-electron chi connectivity index (χ3n) is 4.53. The molecule has 0 amide bonds. The van der Waals surface area contributed by atoms with Gasteiger partial charge in [-0.05, 0) is 43.2 Å². The summed E-state index contributed by atoms with van der Waals surface area (Å²) in [7, 11) is 0. The van der Waals surface area contributed by atoms with Crippen LogP contribution in [0, 0.1) is 5.41 Å². The van der Waals surface area contributed by atoms with Crippen LogP contribution in [-0.4, -0.2) is 9.55 Å². The third-order valence-corrected chi connectivity index (χ3v) is 5.07. The molecule has 1 aliphatic carbocycles. The average molecular weight is 311 g/mol. The Balaban J connectivity index is 2.06. The summed E-state index contributed by atoms with van der Waals surface area (Å²) in [6.07, 6.45) is 4.83. The molecule has 1 aromatic carbocycles. The molecule has 0 atom stereocenters.